The van der Waals surface area contributed by atoms with Crippen LogP contribution in [0.4, 0.5) is 0 Å². The summed E-state index contributed by atoms with van der Waals surface area (Å²) in [5.41, 5.74) is 5.19. The van der Waals surface area contributed by atoms with Crippen molar-refractivity contribution >= 4 is 37.9 Å². The molecule has 0 N–H and O–H groups in total. The molecule has 1 heterocycles. The minimum atomic E-state index is 0. The molecule has 0 aliphatic heterocycles. The largest absolute Gasteiger partial charge is 1.00 e. The molecule has 38 heavy (non-hydrogen) atoms. The van der Waals surface area contributed by atoms with Crippen LogP contribution in [0, 0.1) is 0 Å². The Morgan fingerprint density at radius 3 is 2.24 bits per heavy atom. The molecule has 6 rings (SSSR count). The van der Waals surface area contributed by atoms with Gasteiger partial charge in [-0.1, -0.05) is 55.7 Å². The van der Waals surface area contributed by atoms with Crippen LogP contribution in [-0.4, -0.2) is 10.4 Å². The quantitative estimate of drug-likeness (QED) is 0.214. The van der Waals surface area contributed by atoms with Gasteiger partial charge in [-0.2, -0.15) is 23.6 Å². The zero-order chi connectivity index (χ0) is 25.3. The van der Waals surface area contributed by atoms with E-state index in [1.165, 1.54) is 62.9 Å². The molecular formula is C33H33Cl2NSiZr-2. The number of unbranched alkanes of at least 4 members (excludes halogenated alkanes) is 1. The van der Waals surface area contributed by atoms with Crippen molar-refractivity contribution in [1.82, 2.24) is 4.98 Å². The van der Waals surface area contributed by atoms with Crippen LogP contribution in [-0.2, 0) is 29.8 Å². The molecule has 1 aromatic heterocycles. The van der Waals surface area contributed by atoms with Gasteiger partial charge in [-0.15, -0.1) is 64.2 Å². The summed E-state index contributed by atoms with van der Waals surface area (Å²) in [5, 5.41) is 6.53. The maximum absolute atomic E-state index is 4.62. The third kappa shape index (κ3) is 8.75. The molecule has 0 saturated heterocycles. The summed E-state index contributed by atoms with van der Waals surface area (Å²) in [5.74, 6) is 0. The first-order valence-electron chi connectivity index (χ1n) is 12.7. The van der Waals surface area contributed by atoms with Crippen LogP contribution in [0.1, 0.15) is 25.3 Å². The number of benzene rings is 3. The van der Waals surface area contributed by atoms with E-state index in [4.69, 9.17) is 0 Å². The summed E-state index contributed by atoms with van der Waals surface area (Å²) in [6.07, 6.45) is 5.66. The number of aryl methyl sites for hydroxylation is 1. The Hall–Kier alpha value is -2.03. The van der Waals surface area contributed by atoms with Crippen molar-refractivity contribution in [1.29, 1.82) is 0 Å². The van der Waals surface area contributed by atoms with Gasteiger partial charge in [0.05, 0.1) is 5.52 Å². The number of aromatic nitrogens is 1. The molecule has 0 radical (unpaired) electrons. The van der Waals surface area contributed by atoms with Gasteiger partial charge in [-0.3, -0.25) is 4.98 Å². The van der Waals surface area contributed by atoms with Crippen molar-refractivity contribution in [2.24, 2.45) is 0 Å². The first-order valence-corrected chi connectivity index (χ1v) is 18.9. The number of hydrogen-bond donors (Lipinski definition) is 0. The molecular weight excluding hydrogens is 601 g/mol. The first kappa shape index (κ1) is 32.2. The van der Waals surface area contributed by atoms with E-state index in [2.05, 4.69) is 122 Å². The van der Waals surface area contributed by atoms with Gasteiger partial charge in [0.1, 0.15) is 0 Å². The Balaban J connectivity index is 0.000000282. The molecule has 194 valence electrons. The number of hydrogen-bond acceptors (Lipinski definition) is 1. The fourth-order valence-corrected chi connectivity index (χ4v) is 4.36. The van der Waals surface area contributed by atoms with Gasteiger partial charge in [0.25, 0.3) is 0 Å². The van der Waals surface area contributed by atoms with Crippen molar-refractivity contribution in [3.05, 3.63) is 115 Å². The first-order chi connectivity index (χ1) is 17.5. The van der Waals surface area contributed by atoms with E-state index in [0.29, 0.717) is 0 Å². The van der Waals surface area contributed by atoms with Crippen LogP contribution in [0.5, 0.6) is 0 Å². The van der Waals surface area contributed by atoms with E-state index >= 15 is 0 Å². The summed E-state index contributed by atoms with van der Waals surface area (Å²) >= 11 is 1.74. The normalized spacial score (nSPS) is 10.0. The Kier molecular flexibility index (Phi) is 13.7. The molecule has 1 nitrogen and oxygen atoms in total. The van der Waals surface area contributed by atoms with Crippen molar-refractivity contribution in [2.45, 2.75) is 39.3 Å². The molecule has 0 fully saturated rings. The topological polar surface area (TPSA) is 12.9 Å². The molecule has 0 amide bonds. The second-order valence-corrected chi connectivity index (χ2v) is 18.7. The van der Waals surface area contributed by atoms with Gasteiger partial charge >= 0.3 is 41.9 Å². The number of nitrogens with zero attached hydrogens (tertiary/aromatic N) is 1. The summed E-state index contributed by atoms with van der Waals surface area (Å²) in [4.78, 5) is 4.62. The number of rotatable bonds is 4. The van der Waals surface area contributed by atoms with Gasteiger partial charge < -0.3 is 24.8 Å². The van der Waals surface area contributed by atoms with Gasteiger partial charge in [0, 0.05) is 11.6 Å². The SMILES string of the molecule is CCCCc1cc2c(-c3cnc4ccccc4c3)cccc2[cH-]1.C[Si](C)=[Zr+2].[Cl-].[Cl-].c1ccc2[cH-]ccc2c1. The second-order valence-electron chi connectivity index (χ2n) is 9.35. The maximum atomic E-state index is 4.62. The van der Waals surface area contributed by atoms with E-state index in [0.717, 1.165) is 5.52 Å². The Labute approximate surface area is 254 Å². The minimum absolute atomic E-state index is 0. The summed E-state index contributed by atoms with van der Waals surface area (Å²) in [7, 11) is 0. The fourth-order valence-electron chi connectivity index (χ4n) is 4.36. The zero-order valence-corrected chi connectivity index (χ0v) is 27.2. The Morgan fingerprint density at radius 1 is 0.816 bits per heavy atom. The number of pyridine rings is 1. The van der Waals surface area contributed by atoms with Gasteiger partial charge in [0.15, 0.2) is 0 Å². The third-order valence-corrected chi connectivity index (χ3v) is 6.08. The van der Waals surface area contributed by atoms with E-state index < -0.39 is 0 Å². The summed E-state index contributed by atoms with van der Waals surface area (Å²) < 4.78 is 0. The van der Waals surface area contributed by atoms with Crippen LogP contribution in [0.3, 0.4) is 0 Å². The van der Waals surface area contributed by atoms with Gasteiger partial charge in [-0.25, -0.2) is 0 Å². The van der Waals surface area contributed by atoms with E-state index in [9.17, 15) is 0 Å². The molecule has 5 heteroatoms. The van der Waals surface area contributed by atoms with Crippen molar-refractivity contribution in [3.8, 4) is 11.1 Å². The Bertz CT molecular complexity index is 1550. The molecule has 0 aliphatic rings. The summed E-state index contributed by atoms with van der Waals surface area (Å²) in [6, 6.07) is 36.5. The van der Waals surface area contributed by atoms with Crippen molar-refractivity contribution in [3.63, 3.8) is 0 Å². The molecule has 0 saturated carbocycles. The van der Waals surface area contributed by atoms with E-state index in [-0.39, 0.29) is 30.2 Å². The molecule has 0 atom stereocenters. The maximum Gasteiger partial charge on any atom is -0.0809 e. The molecule has 0 spiro atoms. The molecule has 0 bridgehead atoms. The van der Waals surface area contributed by atoms with Gasteiger partial charge in [0.2, 0.25) is 0 Å². The average Bonchev–Trinajstić information content (AvgIpc) is 3.54. The van der Waals surface area contributed by atoms with Crippen LogP contribution in [0.25, 0.3) is 43.6 Å². The summed E-state index contributed by atoms with van der Waals surface area (Å²) in [6.45, 7) is 6.86. The average molecular weight is 634 g/mol. The Morgan fingerprint density at radius 2 is 1.50 bits per heavy atom. The fraction of sp³-hybridized carbons (Fsp3) is 0.182. The predicted octanol–water partition coefficient (Wildman–Crippen LogP) is 3.47. The van der Waals surface area contributed by atoms with Crippen LogP contribution < -0.4 is 24.8 Å². The predicted molar refractivity (Wildman–Crippen MR) is 156 cm³/mol. The minimum Gasteiger partial charge on any atom is -1.00 e. The zero-order valence-electron chi connectivity index (χ0n) is 22.2. The standard InChI is InChI=1S/C22H20N.C9H7.C2H6Si.2ClH.Zr/c1-2-3-7-16-12-17-9-6-10-20(21(17)13-16)19-14-18-8-4-5-11-22(18)23-15-19;1-2-5-9-7-3-6-8(9)4-1;1-3-2;;;/h4-6,8-15H,2-3,7H2,1H3;1-7H;1-2H3;2*1H;/q2*-1;;;;+2/p-2. The van der Waals surface area contributed by atoms with Crippen molar-refractivity contribution < 1.29 is 48.1 Å². The molecule has 5 aromatic carbocycles. The van der Waals surface area contributed by atoms with Crippen LogP contribution in [0.15, 0.2) is 109 Å². The van der Waals surface area contributed by atoms with Crippen LogP contribution >= 0.6 is 0 Å². The third-order valence-electron chi connectivity index (χ3n) is 6.08. The number of halogens is 2. The van der Waals surface area contributed by atoms with Crippen LogP contribution in [0.2, 0.25) is 13.1 Å². The second kappa shape index (κ2) is 16.2. The van der Waals surface area contributed by atoms with Gasteiger partial charge in [-0.05, 0) is 24.1 Å². The molecule has 6 aromatic rings. The van der Waals surface area contributed by atoms with Crippen molar-refractivity contribution in [2.75, 3.05) is 0 Å². The number of fused-ring (bicyclic) bond motifs is 3. The monoisotopic (exact) mass is 631 g/mol. The smallest absolute Gasteiger partial charge is 0.0809 e. The molecule has 0 unspecified atom stereocenters. The van der Waals surface area contributed by atoms with E-state index in [1.807, 2.05) is 12.3 Å². The number of para-hydroxylation sites is 1. The van der Waals surface area contributed by atoms with E-state index in [1.54, 1.807) is 23.3 Å². The molecule has 0 aliphatic carbocycles.